The van der Waals surface area contributed by atoms with Gasteiger partial charge in [0.2, 0.25) is 47.3 Å². The van der Waals surface area contributed by atoms with E-state index in [4.69, 9.17) is 5.73 Å². The van der Waals surface area contributed by atoms with Crippen LogP contribution in [0, 0.1) is 5.92 Å². The predicted molar refractivity (Wildman–Crippen MR) is 263 cm³/mol. The fraction of sp³-hybridized carbons (Fsp3) is 0.408. The quantitative estimate of drug-likeness (QED) is 0.0317. The number of phenolic OH excluding ortho intramolecular Hbond substituents is 2. The van der Waals surface area contributed by atoms with Gasteiger partial charge in [-0.15, -0.1) is 0 Å². The predicted octanol–water partition coefficient (Wildman–Crippen LogP) is -2.94. The Morgan fingerprint density at radius 2 is 0.853 bits per heavy atom. The zero-order valence-corrected chi connectivity index (χ0v) is 41.1. The van der Waals surface area contributed by atoms with Crippen LogP contribution in [0.2, 0.25) is 0 Å². The first-order chi connectivity index (χ1) is 35.4. The van der Waals surface area contributed by atoms with Crippen molar-refractivity contribution < 1.29 is 83.4 Å². The Morgan fingerprint density at radius 3 is 1.32 bits per heavy atom. The van der Waals surface area contributed by atoms with Crippen LogP contribution in [0.15, 0.2) is 78.9 Å². The van der Waals surface area contributed by atoms with Crippen molar-refractivity contribution in [3.05, 3.63) is 95.6 Å². The van der Waals surface area contributed by atoms with Crippen LogP contribution < -0.4 is 48.3 Å². The van der Waals surface area contributed by atoms with Gasteiger partial charge in [-0.1, -0.05) is 74.9 Å². The summed E-state index contributed by atoms with van der Waals surface area (Å²) in [6.45, 7) is 2.76. The number of aliphatic hydroxyl groups excluding tert-OH is 1. The molecule has 26 heteroatoms. The van der Waals surface area contributed by atoms with E-state index in [0.717, 1.165) is 0 Å². The molecule has 75 heavy (non-hydrogen) atoms. The molecule has 0 aliphatic heterocycles. The second kappa shape index (κ2) is 29.8. The molecule has 9 atom stereocenters. The average molecular weight is 1050 g/mol. The normalized spacial score (nSPS) is 14.5. The number of aliphatic carboxylic acids is 3. The molecule has 0 aromatic heterocycles. The van der Waals surface area contributed by atoms with Gasteiger partial charge in [-0.05, 0) is 53.8 Å². The number of phenols is 2. The number of rotatable bonds is 30. The van der Waals surface area contributed by atoms with Gasteiger partial charge >= 0.3 is 17.9 Å². The number of carboxylic acids is 3. The number of aromatic hydroxyl groups is 2. The van der Waals surface area contributed by atoms with Crippen molar-refractivity contribution in [3.8, 4) is 11.5 Å². The second-order valence-corrected chi connectivity index (χ2v) is 17.4. The summed E-state index contributed by atoms with van der Waals surface area (Å²) >= 11 is 0. The molecule has 0 heterocycles. The number of amides is 8. The van der Waals surface area contributed by atoms with Gasteiger partial charge in [0.05, 0.1) is 26.0 Å². The Hall–Kier alpha value is -8.65. The third-order valence-electron chi connectivity index (χ3n) is 11.5. The highest BCUT2D eigenvalue weighted by molar-refractivity contribution is 5.99. The Morgan fingerprint density at radius 1 is 0.467 bits per heavy atom. The molecule has 0 unspecified atom stereocenters. The summed E-state index contributed by atoms with van der Waals surface area (Å²) in [5.74, 6) is -14.0. The maximum Gasteiger partial charge on any atom is 0.326 e. The van der Waals surface area contributed by atoms with Crippen molar-refractivity contribution >= 4 is 65.2 Å². The number of hydrogen-bond acceptors (Lipinski definition) is 15. The van der Waals surface area contributed by atoms with Gasteiger partial charge in [-0.3, -0.25) is 47.9 Å². The van der Waals surface area contributed by atoms with E-state index in [1.54, 1.807) is 37.3 Å². The molecule has 0 radical (unpaired) electrons. The van der Waals surface area contributed by atoms with Crippen LogP contribution in [0.3, 0.4) is 0 Å². The number of carbonyl (C=O) groups excluding carboxylic acids is 8. The van der Waals surface area contributed by atoms with Crippen molar-refractivity contribution in [3.63, 3.8) is 0 Å². The molecule has 3 rings (SSSR count). The van der Waals surface area contributed by atoms with Crippen LogP contribution in [-0.2, 0) is 72.0 Å². The van der Waals surface area contributed by atoms with Gasteiger partial charge in [0, 0.05) is 19.3 Å². The number of hydrogen-bond donors (Lipinski definition) is 15. The van der Waals surface area contributed by atoms with Gasteiger partial charge in [-0.2, -0.15) is 0 Å². The number of carboxylic acid groups (broad SMARTS) is 3. The molecule has 26 nitrogen and oxygen atoms in total. The van der Waals surface area contributed by atoms with Crippen molar-refractivity contribution in [2.75, 3.05) is 13.2 Å². The first-order valence-corrected chi connectivity index (χ1v) is 23.4. The summed E-state index contributed by atoms with van der Waals surface area (Å²) in [5.41, 5.74) is 6.73. The topological polar surface area (TPSA) is 431 Å². The Balaban J connectivity index is 1.80. The Kier molecular flexibility index (Phi) is 24.1. The molecule has 0 aliphatic carbocycles. The summed E-state index contributed by atoms with van der Waals surface area (Å²) < 4.78 is 0. The molecule has 0 bridgehead atoms. The van der Waals surface area contributed by atoms with E-state index in [1.807, 2.05) is 0 Å². The highest BCUT2D eigenvalue weighted by Crippen LogP contribution is 2.15. The molecule has 16 N–H and O–H groups in total. The van der Waals surface area contributed by atoms with Crippen molar-refractivity contribution in [2.45, 2.75) is 108 Å². The largest absolute Gasteiger partial charge is 0.508 e. The maximum atomic E-state index is 13.9. The van der Waals surface area contributed by atoms with E-state index in [-0.39, 0.29) is 37.2 Å². The maximum absolute atomic E-state index is 13.9. The van der Waals surface area contributed by atoms with E-state index >= 15 is 0 Å². The third kappa shape index (κ3) is 20.4. The van der Waals surface area contributed by atoms with Crippen LogP contribution in [0.25, 0.3) is 0 Å². The minimum atomic E-state index is -1.90. The standard InChI is InChI=1S/C49H63N9O17/c1-4-25(2)41(58-46(71)35(22-40(65)66)53-42(67)26(3)51-43(68)32(52-38(62)23-50)19-28-10-14-30(60)15-11-28)48(73)57-37(24-59)47(72)54-33(18-27-8-6-5-7-9-27)44(69)55-34(21-39(63)64)45(70)56-36(49(74)75)20-29-12-16-31(61)17-13-29/h5-17,25-26,32-37,41,59-61H,4,18-24,50H2,1-3H3,(H,51,68)(H,52,62)(H,53,67)(H,54,72)(H,55,69)(H,56,70)(H,57,73)(H,58,71)(H,63,64)(H,65,66)(H,74,75)/t25-,26-,32-,33-,34-,35-,36-,37-,41-/m0/s1. The first-order valence-electron chi connectivity index (χ1n) is 23.4. The monoisotopic (exact) mass is 1050 g/mol. The van der Waals surface area contributed by atoms with Crippen LogP contribution in [0.5, 0.6) is 11.5 Å². The second-order valence-electron chi connectivity index (χ2n) is 17.4. The molecule has 0 saturated heterocycles. The fourth-order valence-corrected chi connectivity index (χ4v) is 7.13. The van der Waals surface area contributed by atoms with Crippen LogP contribution in [0.4, 0.5) is 0 Å². The number of aliphatic hydroxyl groups is 1. The lowest BCUT2D eigenvalue weighted by Crippen LogP contribution is -2.62. The summed E-state index contributed by atoms with van der Waals surface area (Å²) in [5, 5.41) is 77.3. The molecular formula is C49H63N9O17. The molecule has 0 saturated carbocycles. The highest BCUT2D eigenvalue weighted by Gasteiger charge is 2.36. The van der Waals surface area contributed by atoms with Gasteiger partial charge in [-0.25, -0.2) is 4.79 Å². The van der Waals surface area contributed by atoms with E-state index < -0.39 is 145 Å². The number of nitrogens with two attached hydrogens (primary N) is 1. The summed E-state index contributed by atoms with van der Waals surface area (Å²) in [6, 6.07) is 5.86. The van der Waals surface area contributed by atoms with Crippen LogP contribution >= 0.6 is 0 Å². The van der Waals surface area contributed by atoms with Crippen molar-refractivity contribution in [1.29, 1.82) is 0 Å². The zero-order chi connectivity index (χ0) is 55.9. The minimum absolute atomic E-state index is 0.0592. The molecule has 0 fully saturated rings. The smallest absolute Gasteiger partial charge is 0.326 e. The van der Waals surface area contributed by atoms with E-state index in [0.29, 0.717) is 16.7 Å². The molecule has 0 spiro atoms. The molecule has 3 aromatic carbocycles. The average Bonchev–Trinajstić information content (AvgIpc) is 3.36. The zero-order valence-electron chi connectivity index (χ0n) is 41.1. The fourth-order valence-electron chi connectivity index (χ4n) is 7.13. The van der Waals surface area contributed by atoms with Crippen molar-refractivity contribution in [1.82, 2.24) is 42.5 Å². The summed E-state index contributed by atoms with van der Waals surface area (Å²) in [7, 11) is 0. The SMILES string of the molecule is CC[C@H](C)[C@H](NC(=O)[C@H](CC(=O)O)NC(=O)[C@H](C)NC(=O)[C@H](Cc1ccc(O)cc1)NC(=O)CN)C(=O)N[C@@H](CO)C(=O)N[C@@H](Cc1ccccc1)C(=O)N[C@@H](CC(=O)O)C(=O)N[C@@H](Cc1ccc(O)cc1)C(=O)O. The van der Waals surface area contributed by atoms with Gasteiger partial charge < -0.3 is 78.9 Å². The molecule has 406 valence electrons. The molecule has 0 aliphatic rings. The lowest BCUT2D eigenvalue weighted by atomic mass is 9.97. The van der Waals surface area contributed by atoms with Gasteiger partial charge in [0.25, 0.3) is 0 Å². The Bertz CT molecular complexity index is 2500. The van der Waals surface area contributed by atoms with Crippen LogP contribution in [0.1, 0.15) is 56.7 Å². The summed E-state index contributed by atoms with van der Waals surface area (Å²) in [4.78, 5) is 144. The van der Waals surface area contributed by atoms with Gasteiger partial charge in [0.1, 0.15) is 59.8 Å². The number of nitrogens with one attached hydrogen (secondary N) is 8. The third-order valence-corrected chi connectivity index (χ3v) is 11.5. The minimum Gasteiger partial charge on any atom is -0.508 e. The van der Waals surface area contributed by atoms with E-state index in [1.165, 1.54) is 62.4 Å². The first kappa shape index (κ1) is 60.7. The highest BCUT2D eigenvalue weighted by atomic mass is 16.4. The molecule has 3 aromatic rings. The lowest BCUT2D eigenvalue weighted by molar-refractivity contribution is -0.143. The number of carbonyl (C=O) groups is 11. The number of benzene rings is 3. The molecule has 8 amide bonds. The van der Waals surface area contributed by atoms with E-state index in [2.05, 4.69) is 42.5 Å². The van der Waals surface area contributed by atoms with Gasteiger partial charge in [0.15, 0.2) is 0 Å². The van der Waals surface area contributed by atoms with E-state index in [9.17, 15) is 83.4 Å². The lowest BCUT2D eigenvalue weighted by Gasteiger charge is -2.29. The summed E-state index contributed by atoms with van der Waals surface area (Å²) in [6.07, 6.45) is -2.59. The Labute approximate surface area is 429 Å². The van der Waals surface area contributed by atoms with Crippen molar-refractivity contribution in [2.24, 2.45) is 11.7 Å². The van der Waals surface area contributed by atoms with Crippen LogP contribution in [-0.4, -0.2) is 157 Å². The molecular weight excluding hydrogens is 987 g/mol.